The van der Waals surface area contributed by atoms with Crippen LogP contribution in [0, 0.1) is 0 Å². The quantitative estimate of drug-likeness (QED) is 0.870. The van der Waals surface area contributed by atoms with Crippen molar-refractivity contribution in [1.29, 1.82) is 0 Å². The van der Waals surface area contributed by atoms with E-state index in [9.17, 15) is 9.90 Å². The van der Waals surface area contributed by atoms with Gasteiger partial charge in [-0.25, -0.2) is 0 Å². The second-order valence-electron chi connectivity index (χ2n) is 7.72. The second-order valence-corrected chi connectivity index (χ2v) is 7.72. The molecule has 5 heteroatoms. The average molecular weight is 369 g/mol. The Morgan fingerprint density at radius 1 is 1.07 bits per heavy atom. The van der Waals surface area contributed by atoms with Crippen molar-refractivity contribution in [2.45, 2.75) is 32.2 Å². The maximum atomic E-state index is 13.1. The third-order valence-corrected chi connectivity index (χ3v) is 5.89. The van der Waals surface area contributed by atoms with Gasteiger partial charge in [0.2, 0.25) is 0 Å². The van der Waals surface area contributed by atoms with Gasteiger partial charge in [0.25, 0.3) is 5.91 Å². The molecule has 2 aromatic rings. The lowest BCUT2D eigenvalue weighted by Crippen LogP contribution is -3.10. The first-order valence-electron chi connectivity index (χ1n) is 10.2. The fourth-order valence-electron chi connectivity index (χ4n) is 4.35. The van der Waals surface area contributed by atoms with E-state index in [-0.39, 0.29) is 11.7 Å². The van der Waals surface area contributed by atoms with Crippen LogP contribution in [0.15, 0.2) is 30.3 Å². The molecule has 27 heavy (non-hydrogen) atoms. The number of hydrogen-bond donors (Lipinski definition) is 2. The lowest BCUT2D eigenvalue weighted by Gasteiger charge is -2.28. The van der Waals surface area contributed by atoms with Crippen LogP contribution in [-0.2, 0) is 11.3 Å². The van der Waals surface area contributed by atoms with Crippen LogP contribution in [0.5, 0.6) is 5.75 Å². The summed E-state index contributed by atoms with van der Waals surface area (Å²) in [6, 6.07) is 9.94. The normalized spacial score (nSPS) is 19.2. The van der Waals surface area contributed by atoms with Crippen molar-refractivity contribution in [1.82, 2.24) is 4.90 Å². The molecule has 2 aliphatic rings. The number of carbonyl (C=O) groups excluding carboxylic acids is 1. The van der Waals surface area contributed by atoms with Gasteiger partial charge < -0.3 is 19.6 Å². The third-order valence-electron chi connectivity index (χ3n) is 5.89. The summed E-state index contributed by atoms with van der Waals surface area (Å²) >= 11 is 0. The van der Waals surface area contributed by atoms with Crippen molar-refractivity contribution < 1.29 is 19.5 Å². The first-order valence-corrected chi connectivity index (χ1v) is 10.2. The van der Waals surface area contributed by atoms with Crippen molar-refractivity contribution in [2.75, 3.05) is 39.4 Å². The predicted molar refractivity (Wildman–Crippen MR) is 105 cm³/mol. The van der Waals surface area contributed by atoms with E-state index < -0.39 is 0 Å². The Balaban J connectivity index is 1.72. The van der Waals surface area contributed by atoms with Crippen LogP contribution >= 0.6 is 0 Å². The molecule has 1 amide bonds. The molecule has 5 nitrogen and oxygen atoms in total. The highest BCUT2D eigenvalue weighted by Gasteiger charge is 2.26. The number of carbonyl (C=O) groups is 1. The number of fused-ring (bicyclic) bond motifs is 1. The number of quaternary nitrogens is 1. The number of nitrogens with one attached hydrogen (secondary N) is 1. The number of aromatic hydroxyl groups is 1. The standard InChI is InChI=1S/C22H28N2O3/c25-21-19(22(26)24-11-13-27-14-12-24)15-17-7-3-4-8-18(17)20(21)16-23-9-5-1-2-6-10-23/h3-4,7-8,15,25H,1-2,5-6,9-14,16H2/p+1. The number of rotatable bonds is 3. The van der Waals surface area contributed by atoms with Gasteiger partial charge in [-0.15, -0.1) is 0 Å². The Morgan fingerprint density at radius 3 is 2.52 bits per heavy atom. The molecule has 2 fully saturated rings. The zero-order valence-electron chi connectivity index (χ0n) is 15.9. The van der Waals surface area contributed by atoms with Crippen molar-refractivity contribution in [2.24, 2.45) is 0 Å². The number of likely N-dealkylation sites (tertiary alicyclic amines) is 1. The summed E-state index contributed by atoms with van der Waals surface area (Å²) in [7, 11) is 0. The summed E-state index contributed by atoms with van der Waals surface area (Å²) in [6.07, 6.45) is 5.07. The lowest BCUT2D eigenvalue weighted by atomic mass is 9.97. The largest absolute Gasteiger partial charge is 0.507 e. The minimum Gasteiger partial charge on any atom is -0.507 e. The van der Waals surface area contributed by atoms with Gasteiger partial charge in [0.05, 0.1) is 37.4 Å². The topological polar surface area (TPSA) is 54.2 Å². The maximum Gasteiger partial charge on any atom is 0.257 e. The van der Waals surface area contributed by atoms with E-state index in [1.807, 2.05) is 24.3 Å². The molecule has 2 aliphatic heterocycles. The molecule has 2 heterocycles. The Kier molecular flexibility index (Phi) is 5.60. The summed E-state index contributed by atoms with van der Waals surface area (Å²) < 4.78 is 5.36. The van der Waals surface area contributed by atoms with E-state index in [1.54, 1.807) is 4.90 Å². The third kappa shape index (κ3) is 3.94. The number of benzene rings is 2. The Bertz CT molecular complexity index is 807. The van der Waals surface area contributed by atoms with Gasteiger partial charge >= 0.3 is 0 Å². The monoisotopic (exact) mass is 369 g/mol. The number of amides is 1. The number of ether oxygens (including phenoxy) is 1. The van der Waals surface area contributed by atoms with Gasteiger partial charge in [0.1, 0.15) is 12.3 Å². The molecule has 4 rings (SSSR count). The predicted octanol–water partition coefficient (Wildman–Crippen LogP) is 1.98. The van der Waals surface area contributed by atoms with Crippen LogP contribution in [-0.4, -0.2) is 55.3 Å². The van der Waals surface area contributed by atoms with Gasteiger partial charge in [0.15, 0.2) is 0 Å². The van der Waals surface area contributed by atoms with Crippen molar-refractivity contribution >= 4 is 16.7 Å². The summed E-state index contributed by atoms with van der Waals surface area (Å²) in [5, 5.41) is 13.2. The van der Waals surface area contributed by atoms with Crippen LogP contribution in [0.3, 0.4) is 0 Å². The molecule has 2 aromatic carbocycles. The number of morpholine rings is 1. The summed E-state index contributed by atoms with van der Waals surface area (Å²) in [4.78, 5) is 16.4. The second kappa shape index (κ2) is 8.28. The van der Waals surface area contributed by atoms with Crippen LogP contribution in [0.4, 0.5) is 0 Å². The molecule has 2 N–H and O–H groups in total. The van der Waals surface area contributed by atoms with E-state index in [2.05, 4.69) is 6.07 Å². The van der Waals surface area contributed by atoms with Crippen molar-refractivity contribution in [3.8, 4) is 5.75 Å². The molecule has 2 saturated heterocycles. The zero-order valence-corrected chi connectivity index (χ0v) is 15.9. The molecule has 0 aliphatic carbocycles. The van der Waals surface area contributed by atoms with Crippen LogP contribution in [0.2, 0.25) is 0 Å². The van der Waals surface area contributed by atoms with Gasteiger partial charge in [-0.3, -0.25) is 4.79 Å². The van der Waals surface area contributed by atoms with Crippen molar-refractivity contribution in [3.63, 3.8) is 0 Å². The van der Waals surface area contributed by atoms with E-state index in [0.29, 0.717) is 31.9 Å². The van der Waals surface area contributed by atoms with E-state index in [4.69, 9.17) is 4.74 Å². The fourth-order valence-corrected chi connectivity index (χ4v) is 4.35. The number of phenols is 1. The highest BCUT2D eigenvalue weighted by Crippen LogP contribution is 2.32. The summed E-state index contributed by atoms with van der Waals surface area (Å²) in [5.41, 5.74) is 1.35. The Hall–Kier alpha value is -2.11. The average Bonchev–Trinajstić information content (AvgIpc) is 2.99. The molecule has 0 spiro atoms. The number of nitrogens with zero attached hydrogens (tertiary/aromatic N) is 1. The van der Waals surface area contributed by atoms with Crippen LogP contribution in [0.25, 0.3) is 10.8 Å². The molecule has 0 atom stereocenters. The first-order chi connectivity index (χ1) is 13.2. The zero-order chi connectivity index (χ0) is 18.6. The van der Waals surface area contributed by atoms with Gasteiger partial charge in [-0.05, 0) is 42.5 Å². The molecular formula is C22H29N2O3+. The van der Waals surface area contributed by atoms with E-state index >= 15 is 0 Å². The summed E-state index contributed by atoms with van der Waals surface area (Å²) in [6.45, 7) is 5.33. The van der Waals surface area contributed by atoms with E-state index in [1.165, 1.54) is 30.6 Å². The Labute approximate surface area is 160 Å². The van der Waals surface area contributed by atoms with Gasteiger partial charge in [-0.1, -0.05) is 24.3 Å². The maximum absolute atomic E-state index is 13.1. The Morgan fingerprint density at radius 2 is 1.78 bits per heavy atom. The minimum atomic E-state index is -0.0892. The first kappa shape index (κ1) is 18.3. The number of phenolic OH excluding ortho intramolecular Hbond substituents is 1. The van der Waals surface area contributed by atoms with Crippen LogP contribution < -0.4 is 4.90 Å². The highest BCUT2D eigenvalue weighted by molar-refractivity contribution is 6.03. The van der Waals surface area contributed by atoms with Gasteiger partial charge in [-0.2, -0.15) is 0 Å². The summed E-state index contributed by atoms with van der Waals surface area (Å²) in [5.74, 6) is 0.0793. The fraction of sp³-hybridized carbons (Fsp3) is 0.500. The van der Waals surface area contributed by atoms with Crippen molar-refractivity contribution in [3.05, 3.63) is 41.5 Å². The minimum absolute atomic E-state index is 0.0892. The van der Waals surface area contributed by atoms with Gasteiger partial charge in [0, 0.05) is 13.1 Å². The molecule has 0 saturated carbocycles. The molecule has 144 valence electrons. The molecule has 0 unspecified atom stereocenters. The highest BCUT2D eigenvalue weighted by atomic mass is 16.5. The molecular weight excluding hydrogens is 340 g/mol. The molecule has 0 aromatic heterocycles. The smallest absolute Gasteiger partial charge is 0.257 e. The van der Waals surface area contributed by atoms with Crippen LogP contribution in [0.1, 0.15) is 41.6 Å². The SMILES string of the molecule is O=C(c1cc2ccccc2c(C[NH+]2CCCCCC2)c1O)N1CCOCC1. The van der Waals surface area contributed by atoms with E-state index in [0.717, 1.165) is 36.0 Å². The molecule has 0 bridgehead atoms. The lowest BCUT2D eigenvalue weighted by molar-refractivity contribution is -0.913. The molecule has 0 radical (unpaired) electrons. The number of hydrogen-bond acceptors (Lipinski definition) is 3.